The van der Waals surface area contributed by atoms with Gasteiger partial charge in [-0.05, 0) is 82.0 Å². The Bertz CT molecular complexity index is 1970. The summed E-state index contributed by atoms with van der Waals surface area (Å²) in [5.41, 5.74) is 10.6. The lowest BCUT2D eigenvalue weighted by molar-refractivity contribution is 0.473. The molecule has 4 heteroatoms. The van der Waals surface area contributed by atoms with Crippen LogP contribution >= 0.6 is 0 Å². The number of aromatic nitrogens is 1. The molecule has 0 amide bonds. The fraction of sp³-hybridized carbons (Fsp3) is 0.200. The van der Waals surface area contributed by atoms with Crippen molar-refractivity contribution in [2.75, 3.05) is 0 Å². The molecule has 4 nitrogen and oxygen atoms in total. The molecule has 0 aliphatic rings. The summed E-state index contributed by atoms with van der Waals surface area (Å²) in [4.78, 5) is 9.77. The first-order valence-corrected chi connectivity index (χ1v) is 15.2. The maximum absolute atomic E-state index is 10.5. The van der Waals surface area contributed by atoms with Gasteiger partial charge in [0.05, 0.1) is 11.3 Å². The highest BCUT2D eigenvalue weighted by Crippen LogP contribution is 2.37. The van der Waals surface area contributed by atoms with Gasteiger partial charge in [0, 0.05) is 17.3 Å². The average Bonchev–Trinajstić information content (AvgIpc) is 3.45. The molecule has 1 N–H and O–H groups in total. The molecule has 5 aromatic carbocycles. The molecule has 0 aliphatic carbocycles. The second-order valence-electron chi connectivity index (χ2n) is 12.8. The number of aliphatic imine (C=N–C) groups is 1. The number of aromatic hydroxyl groups is 1. The summed E-state index contributed by atoms with van der Waals surface area (Å²) in [5.74, 6) is 1.31. The number of nitrogens with zero attached hydrogens (tertiary/aromatic N) is 2. The fourth-order valence-corrected chi connectivity index (χ4v) is 5.54. The lowest BCUT2D eigenvalue weighted by atomic mass is 9.86. The van der Waals surface area contributed by atoms with E-state index in [1.54, 1.807) is 12.3 Å². The lowest BCUT2D eigenvalue weighted by Gasteiger charge is -2.19. The quantitative estimate of drug-likeness (QED) is 0.192. The number of phenolic OH excluding ortho intramolecular Hbond substituents is 1. The third-order valence-corrected chi connectivity index (χ3v) is 7.87. The normalized spacial score (nSPS) is 12.0. The highest BCUT2D eigenvalue weighted by Gasteiger charge is 2.17. The van der Waals surface area contributed by atoms with Crippen LogP contribution < -0.4 is 0 Å². The van der Waals surface area contributed by atoms with Crippen molar-refractivity contribution >= 4 is 23.0 Å². The minimum absolute atomic E-state index is 0.0403. The molecule has 1 heterocycles. The molecule has 0 fully saturated rings. The third-order valence-electron chi connectivity index (χ3n) is 7.87. The van der Waals surface area contributed by atoms with Crippen LogP contribution in [0.4, 0.5) is 5.69 Å². The molecule has 0 aliphatic heterocycles. The summed E-state index contributed by atoms with van der Waals surface area (Å²) in [6, 6.07) is 37.0. The van der Waals surface area contributed by atoms with Crippen LogP contribution in [0.1, 0.15) is 51.3 Å². The van der Waals surface area contributed by atoms with E-state index in [2.05, 4.69) is 89.2 Å². The number of hydrogen-bond donors (Lipinski definition) is 1. The maximum Gasteiger partial charge on any atom is 0.229 e. The largest absolute Gasteiger partial charge is 0.507 e. The van der Waals surface area contributed by atoms with Gasteiger partial charge in [-0.15, -0.1) is 0 Å². The van der Waals surface area contributed by atoms with Crippen LogP contribution in [-0.2, 0) is 11.8 Å². The molecule has 1 aromatic heterocycles. The van der Waals surface area contributed by atoms with E-state index in [1.807, 2.05) is 48.5 Å². The number of para-hydroxylation sites is 2. The molecule has 0 saturated carbocycles. The molecule has 0 bridgehead atoms. The van der Waals surface area contributed by atoms with Crippen LogP contribution in [0.2, 0.25) is 0 Å². The van der Waals surface area contributed by atoms with Crippen LogP contribution in [-0.4, -0.2) is 16.3 Å². The molecular formula is C40H38N2O2. The highest BCUT2D eigenvalue weighted by molar-refractivity contribution is 5.94. The van der Waals surface area contributed by atoms with Crippen LogP contribution in [0.5, 0.6) is 5.75 Å². The van der Waals surface area contributed by atoms with Crippen molar-refractivity contribution < 1.29 is 9.52 Å². The smallest absolute Gasteiger partial charge is 0.229 e. The van der Waals surface area contributed by atoms with E-state index in [1.165, 1.54) is 16.7 Å². The first-order valence-electron chi connectivity index (χ1n) is 15.2. The number of benzene rings is 5. The van der Waals surface area contributed by atoms with Gasteiger partial charge >= 0.3 is 0 Å². The van der Waals surface area contributed by atoms with Crippen molar-refractivity contribution in [1.29, 1.82) is 0 Å². The predicted octanol–water partition coefficient (Wildman–Crippen LogP) is 10.8. The van der Waals surface area contributed by atoms with E-state index in [0.29, 0.717) is 23.1 Å². The van der Waals surface area contributed by atoms with Crippen molar-refractivity contribution in [2.24, 2.45) is 10.9 Å². The average molecular weight is 579 g/mol. The van der Waals surface area contributed by atoms with E-state index in [-0.39, 0.29) is 11.2 Å². The molecule has 0 saturated heterocycles. The standard InChI is InChI=1S/C40H38N2O2/c1-26(2)21-27-11-8-12-28(22-27)29-13-9-14-30(23-29)33-16-10-18-37-38(33)42-39(44-37)34-15-6-7-17-35(34)41-25-31-24-32(40(3,4)5)19-20-36(31)43/h6-20,22-26,43H,21H2,1-5H3. The first kappa shape index (κ1) is 29.1. The monoisotopic (exact) mass is 578 g/mol. The summed E-state index contributed by atoms with van der Waals surface area (Å²) >= 11 is 0. The van der Waals surface area contributed by atoms with Gasteiger partial charge in [-0.1, -0.05) is 107 Å². The van der Waals surface area contributed by atoms with Gasteiger partial charge in [-0.3, -0.25) is 4.99 Å². The van der Waals surface area contributed by atoms with Crippen molar-refractivity contribution in [3.05, 3.63) is 126 Å². The molecule has 0 radical (unpaired) electrons. The van der Waals surface area contributed by atoms with Crippen LogP contribution in [0.3, 0.4) is 0 Å². The van der Waals surface area contributed by atoms with E-state index < -0.39 is 0 Å². The summed E-state index contributed by atoms with van der Waals surface area (Å²) in [5, 5.41) is 10.5. The Hall–Kier alpha value is -4.96. The molecule has 0 spiro atoms. The zero-order valence-corrected chi connectivity index (χ0v) is 26.0. The van der Waals surface area contributed by atoms with E-state index >= 15 is 0 Å². The zero-order chi connectivity index (χ0) is 30.8. The van der Waals surface area contributed by atoms with Crippen LogP contribution in [0, 0.1) is 5.92 Å². The number of hydrogen-bond acceptors (Lipinski definition) is 4. The van der Waals surface area contributed by atoms with E-state index in [9.17, 15) is 5.11 Å². The van der Waals surface area contributed by atoms with Crippen molar-refractivity contribution in [3.8, 4) is 39.5 Å². The molecule has 0 unspecified atom stereocenters. The number of fused-ring (bicyclic) bond motifs is 1. The summed E-state index contributed by atoms with van der Waals surface area (Å²) < 4.78 is 6.33. The fourth-order valence-electron chi connectivity index (χ4n) is 5.54. The van der Waals surface area contributed by atoms with E-state index in [0.717, 1.165) is 39.8 Å². The van der Waals surface area contributed by atoms with Gasteiger partial charge in [0.2, 0.25) is 5.89 Å². The molecular weight excluding hydrogens is 540 g/mol. The van der Waals surface area contributed by atoms with Crippen molar-refractivity contribution in [1.82, 2.24) is 4.98 Å². The number of oxazole rings is 1. The molecule has 6 rings (SSSR count). The van der Waals surface area contributed by atoms with Gasteiger partial charge in [-0.25, -0.2) is 4.98 Å². The molecule has 0 atom stereocenters. The second kappa shape index (κ2) is 12.0. The van der Waals surface area contributed by atoms with Crippen LogP contribution in [0.15, 0.2) is 119 Å². The molecule has 44 heavy (non-hydrogen) atoms. The zero-order valence-electron chi connectivity index (χ0n) is 26.0. The molecule has 220 valence electrons. The summed E-state index contributed by atoms with van der Waals surface area (Å²) in [7, 11) is 0. The minimum Gasteiger partial charge on any atom is -0.507 e. The topological polar surface area (TPSA) is 58.6 Å². The Balaban J connectivity index is 1.36. The number of rotatable bonds is 7. The van der Waals surface area contributed by atoms with Gasteiger partial charge < -0.3 is 9.52 Å². The lowest BCUT2D eigenvalue weighted by Crippen LogP contribution is -2.11. The van der Waals surface area contributed by atoms with Gasteiger partial charge in [-0.2, -0.15) is 0 Å². The maximum atomic E-state index is 10.5. The van der Waals surface area contributed by atoms with Gasteiger partial charge in [0.1, 0.15) is 11.3 Å². The SMILES string of the molecule is CC(C)Cc1cccc(-c2cccc(-c3cccc4oc(-c5ccccc5N=Cc5cc(C(C)(C)C)ccc5O)nc34)c2)c1. The highest BCUT2D eigenvalue weighted by atomic mass is 16.3. The number of phenols is 1. The predicted molar refractivity (Wildman–Crippen MR) is 183 cm³/mol. The Kier molecular flexibility index (Phi) is 7.92. The third kappa shape index (κ3) is 6.21. The molecule has 6 aromatic rings. The van der Waals surface area contributed by atoms with Crippen LogP contribution in [0.25, 0.3) is 44.8 Å². The first-order chi connectivity index (χ1) is 21.2. The Morgan fingerprint density at radius 1 is 0.773 bits per heavy atom. The van der Waals surface area contributed by atoms with Crippen molar-refractivity contribution in [2.45, 2.75) is 46.5 Å². The van der Waals surface area contributed by atoms with E-state index in [4.69, 9.17) is 14.4 Å². The Morgan fingerprint density at radius 2 is 1.48 bits per heavy atom. The van der Waals surface area contributed by atoms with Gasteiger partial charge in [0.25, 0.3) is 0 Å². The summed E-state index contributed by atoms with van der Waals surface area (Å²) in [6.07, 6.45) is 2.77. The van der Waals surface area contributed by atoms with Crippen molar-refractivity contribution in [3.63, 3.8) is 0 Å². The second-order valence-corrected chi connectivity index (χ2v) is 12.8. The Morgan fingerprint density at radius 3 is 2.27 bits per heavy atom. The Labute approximate surface area is 259 Å². The minimum atomic E-state index is -0.0403. The van der Waals surface area contributed by atoms with Gasteiger partial charge in [0.15, 0.2) is 5.58 Å². The summed E-state index contributed by atoms with van der Waals surface area (Å²) in [6.45, 7) is 11.0.